The number of aliphatic hydroxyl groups is 1. The molecular formula is C14H17BrN2O3. The molecule has 1 fully saturated rings. The normalized spacial score (nSPS) is 20.7. The van der Waals surface area contributed by atoms with Crippen molar-refractivity contribution in [2.45, 2.75) is 25.0 Å². The molecule has 108 valence electrons. The highest BCUT2D eigenvalue weighted by Gasteiger charge is 2.27. The molecule has 2 atom stereocenters. The molecule has 6 heteroatoms. The zero-order chi connectivity index (χ0) is 14.4. The van der Waals surface area contributed by atoms with E-state index >= 15 is 0 Å². The van der Waals surface area contributed by atoms with Gasteiger partial charge in [0.05, 0.1) is 17.1 Å². The van der Waals surface area contributed by atoms with Crippen LogP contribution in [-0.2, 0) is 18.8 Å². The number of aromatic nitrogens is 2. The van der Waals surface area contributed by atoms with Gasteiger partial charge in [-0.15, -0.1) is 0 Å². The van der Waals surface area contributed by atoms with Gasteiger partial charge in [0, 0.05) is 25.2 Å². The van der Waals surface area contributed by atoms with Crippen molar-refractivity contribution < 1.29 is 9.84 Å². The summed E-state index contributed by atoms with van der Waals surface area (Å²) in [5.74, 6) is 0. The Balaban J connectivity index is 2.14. The predicted molar refractivity (Wildman–Crippen MR) is 79.8 cm³/mol. The monoisotopic (exact) mass is 340 g/mol. The lowest BCUT2D eigenvalue weighted by molar-refractivity contribution is -0.00287. The quantitative estimate of drug-likeness (QED) is 0.907. The Kier molecular flexibility index (Phi) is 3.48. The molecule has 1 aliphatic rings. The lowest BCUT2D eigenvalue weighted by Crippen LogP contribution is -2.19. The van der Waals surface area contributed by atoms with Crippen LogP contribution in [0.2, 0.25) is 0 Å². The lowest BCUT2D eigenvalue weighted by Gasteiger charge is -2.19. The van der Waals surface area contributed by atoms with Gasteiger partial charge in [0.15, 0.2) is 0 Å². The van der Waals surface area contributed by atoms with E-state index in [1.54, 1.807) is 23.2 Å². The molecule has 20 heavy (non-hydrogen) atoms. The molecule has 0 amide bonds. The summed E-state index contributed by atoms with van der Waals surface area (Å²) in [7, 11) is 3.48. The molecule has 2 aromatic rings. The fourth-order valence-corrected chi connectivity index (χ4v) is 3.38. The maximum atomic E-state index is 12.0. The summed E-state index contributed by atoms with van der Waals surface area (Å²) in [5, 5.41) is 10.5. The van der Waals surface area contributed by atoms with E-state index in [1.165, 1.54) is 0 Å². The number of benzene rings is 1. The van der Waals surface area contributed by atoms with Gasteiger partial charge in [-0.3, -0.25) is 9.13 Å². The van der Waals surface area contributed by atoms with Crippen LogP contribution in [-0.4, -0.2) is 27.0 Å². The van der Waals surface area contributed by atoms with Gasteiger partial charge in [-0.1, -0.05) is 15.9 Å². The minimum absolute atomic E-state index is 0.0735. The number of fused-ring (bicyclic) bond motifs is 1. The highest BCUT2D eigenvalue weighted by Crippen LogP contribution is 2.33. The third-order valence-electron chi connectivity index (χ3n) is 4.03. The molecule has 0 bridgehead atoms. The zero-order valence-electron chi connectivity index (χ0n) is 11.5. The van der Waals surface area contributed by atoms with E-state index in [2.05, 4.69) is 15.9 Å². The molecule has 1 aromatic heterocycles. The average Bonchev–Trinajstić information content (AvgIpc) is 3.03. The van der Waals surface area contributed by atoms with Gasteiger partial charge in [-0.25, -0.2) is 4.79 Å². The van der Waals surface area contributed by atoms with Crippen molar-refractivity contribution in [1.82, 2.24) is 9.13 Å². The van der Waals surface area contributed by atoms with E-state index in [0.29, 0.717) is 6.61 Å². The summed E-state index contributed by atoms with van der Waals surface area (Å²) in [4.78, 5) is 12.0. The van der Waals surface area contributed by atoms with Crippen molar-refractivity contribution in [1.29, 1.82) is 0 Å². The number of ether oxygens (including phenoxy) is 1. The first-order valence-electron chi connectivity index (χ1n) is 6.65. The Bertz CT molecular complexity index is 713. The average molecular weight is 341 g/mol. The van der Waals surface area contributed by atoms with E-state index in [-0.39, 0.29) is 11.8 Å². The Labute approximate surface area is 124 Å². The molecule has 0 radical (unpaired) electrons. The molecule has 0 spiro atoms. The number of hydrogen-bond acceptors (Lipinski definition) is 3. The number of rotatable bonds is 2. The Morgan fingerprint density at radius 1 is 1.35 bits per heavy atom. The van der Waals surface area contributed by atoms with Crippen LogP contribution in [0.5, 0.6) is 0 Å². The summed E-state index contributed by atoms with van der Waals surface area (Å²) in [5.41, 5.74) is 2.35. The van der Waals surface area contributed by atoms with E-state index in [9.17, 15) is 9.90 Å². The van der Waals surface area contributed by atoms with Crippen LogP contribution in [0.25, 0.3) is 11.0 Å². The summed E-state index contributed by atoms with van der Waals surface area (Å²) < 4.78 is 9.54. The van der Waals surface area contributed by atoms with Gasteiger partial charge in [0.1, 0.15) is 6.10 Å². The van der Waals surface area contributed by atoms with Gasteiger partial charge in [-0.2, -0.15) is 0 Å². The fraction of sp³-hybridized carbons (Fsp3) is 0.500. The van der Waals surface area contributed by atoms with Gasteiger partial charge in [-0.05, 0) is 30.5 Å². The van der Waals surface area contributed by atoms with Crippen molar-refractivity contribution in [3.05, 3.63) is 32.7 Å². The SMILES string of the molecule is Cn1c(=O)n(C)c2cc(C(O)C3CCCO3)c(Br)cc21. The minimum atomic E-state index is -0.674. The summed E-state index contributed by atoms with van der Waals surface area (Å²) in [6.45, 7) is 0.700. The first-order valence-corrected chi connectivity index (χ1v) is 7.44. The van der Waals surface area contributed by atoms with Crippen LogP contribution < -0.4 is 5.69 Å². The lowest BCUT2D eigenvalue weighted by atomic mass is 10.0. The van der Waals surface area contributed by atoms with Crippen molar-refractivity contribution in [3.63, 3.8) is 0 Å². The Morgan fingerprint density at radius 2 is 2.00 bits per heavy atom. The Morgan fingerprint density at radius 3 is 2.60 bits per heavy atom. The minimum Gasteiger partial charge on any atom is -0.386 e. The molecule has 2 heterocycles. The third-order valence-corrected chi connectivity index (χ3v) is 4.71. The van der Waals surface area contributed by atoms with Gasteiger partial charge in [0.25, 0.3) is 0 Å². The highest BCUT2D eigenvalue weighted by molar-refractivity contribution is 9.10. The molecule has 1 saturated heterocycles. The summed E-state index contributed by atoms with van der Waals surface area (Å²) in [6.07, 6.45) is 1.00. The molecule has 5 nitrogen and oxygen atoms in total. The molecule has 2 unspecified atom stereocenters. The van der Waals surface area contributed by atoms with Crippen molar-refractivity contribution in [2.24, 2.45) is 14.1 Å². The van der Waals surface area contributed by atoms with Crippen LogP contribution >= 0.6 is 15.9 Å². The predicted octanol–water partition coefficient (Wildman–Crippen LogP) is 1.85. The second-order valence-corrected chi connectivity index (χ2v) is 6.11. The maximum Gasteiger partial charge on any atom is 0.328 e. The van der Waals surface area contributed by atoms with Crippen LogP contribution in [0.4, 0.5) is 0 Å². The smallest absolute Gasteiger partial charge is 0.328 e. The molecule has 1 aromatic carbocycles. The van der Waals surface area contributed by atoms with E-state index in [4.69, 9.17) is 4.74 Å². The van der Waals surface area contributed by atoms with Gasteiger partial charge < -0.3 is 9.84 Å². The number of hydrogen-bond donors (Lipinski definition) is 1. The first kappa shape index (κ1) is 13.9. The number of aryl methyl sites for hydroxylation is 2. The molecule has 0 saturated carbocycles. The second-order valence-electron chi connectivity index (χ2n) is 5.26. The topological polar surface area (TPSA) is 56.4 Å². The summed E-state index contributed by atoms with van der Waals surface area (Å²) in [6, 6.07) is 3.75. The van der Waals surface area contributed by atoms with Crippen LogP contribution in [0.15, 0.2) is 21.4 Å². The van der Waals surface area contributed by atoms with Crippen molar-refractivity contribution >= 4 is 27.0 Å². The summed E-state index contributed by atoms with van der Waals surface area (Å²) >= 11 is 3.49. The van der Waals surface area contributed by atoms with E-state index in [1.807, 2.05) is 12.1 Å². The second kappa shape index (κ2) is 5.02. The van der Waals surface area contributed by atoms with E-state index < -0.39 is 6.10 Å². The van der Waals surface area contributed by atoms with E-state index in [0.717, 1.165) is 33.9 Å². The number of aliphatic hydroxyl groups excluding tert-OH is 1. The number of imidazole rings is 1. The van der Waals surface area contributed by atoms with Gasteiger partial charge in [0.2, 0.25) is 0 Å². The zero-order valence-corrected chi connectivity index (χ0v) is 13.1. The van der Waals surface area contributed by atoms with Crippen LogP contribution in [0.1, 0.15) is 24.5 Å². The van der Waals surface area contributed by atoms with Crippen LogP contribution in [0, 0.1) is 0 Å². The van der Waals surface area contributed by atoms with Gasteiger partial charge >= 0.3 is 5.69 Å². The standard InChI is InChI=1S/C14H17BrN2O3/c1-16-10-6-8(13(18)12-4-3-5-20-12)9(15)7-11(10)17(2)14(16)19/h6-7,12-13,18H,3-5H2,1-2H3. The first-order chi connectivity index (χ1) is 9.50. The molecular weight excluding hydrogens is 324 g/mol. The molecule has 3 rings (SSSR count). The number of nitrogens with zero attached hydrogens (tertiary/aromatic N) is 2. The van der Waals surface area contributed by atoms with Crippen LogP contribution in [0.3, 0.4) is 0 Å². The fourth-order valence-electron chi connectivity index (χ4n) is 2.81. The molecule has 1 N–H and O–H groups in total. The molecule has 0 aliphatic carbocycles. The van der Waals surface area contributed by atoms with Crippen molar-refractivity contribution in [3.8, 4) is 0 Å². The third kappa shape index (κ3) is 2.03. The Hall–Kier alpha value is -1.11. The largest absolute Gasteiger partial charge is 0.386 e. The maximum absolute atomic E-state index is 12.0. The highest BCUT2D eigenvalue weighted by atomic mass is 79.9. The molecule has 1 aliphatic heterocycles. The van der Waals surface area contributed by atoms with Crippen molar-refractivity contribution in [2.75, 3.05) is 6.61 Å². The number of halogens is 1.